The van der Waals surface area contributed by atoms with Gasteiger partial charge < -0.3 is 0 Å². The molecule has 0 saturated carbocycles. The van der Waals surface area contributed by atoms with Crippen LogP contribution in [0, 0.1) is 68.0 Å². The molecule has 0 bridgehead atoms. The van der Waals surface area contributed by atoms with Crippen molar-refractivity contribution in [1.82, 2.24) is 0 Å². The van der Waals surface area contributed by atoms with Gasteiger partial charge in [-0.05, 0) is 24.3 Å². The number of hydrogen-bond donors (Lipinski definition) is 0. The molecule has 0 aromatic carbocycles. The minimum absolute atomic E-state index is 0.0110. The summed E-state index contributed by atoms with van der Waals surface area (Å²) in [5.41, 5.74) is -0.487. The lowest BCUT2D eigenvalue weighted by Gasteiger charge is -1.94. The molecule has 0 aliphatic rings. The van der Waals surface area contributed by atoms with Gasteiger partial charge in [0.2, 0.25) is 0 Å². The van der Waals surface area contributed by atoms with Gasteiger partial charge in [-0.25, -0.2) is 0 Å². The quantitative estimate of drug-likeness (QED) is 0.745. The molecule has 0 spiro atoms. The summed E-state index contributed by atoms with van der Waals surface area (Å²) < 4.78 is 0. The Morgan fingerprint density at radius 1 is 0.538 bits per heavy atom. The molecule has 26 heavy (non-hydrogen) atoms. The molecule has 2 aromatic heterocycles. The zero-order chi connectivity index (χ0) is 19.1. The molecule has 0 aliphatic carbocycles. The Kier molecular flexibility index (Phi) is 5.64. The van der Waals surface area contributed by atoms with Gasteiger partial charge in [-0.1, -0.05) is 0 Å². The summed E-state index contributed by atoms with van der Waals surface area (Å²) in [4.78, 5) is 2.52. The molecule has 0 fully saturated rings. The van der Waals surface area contributed by atoms with E-state index in [1.807, 2.05) is 12.1 Å². The highest BCUT2D eigenvalue weighted by atomic mass is 32.1. The van der Waals surface area contributed by atoms with Crippen LogP contribution in [-0.2, 0) is 0 Å². The Balaban J connectivity index is 2.51. The number of rotatable bonds is 3. The number of allylic oxidation sites excluding steroid dienone is 4. The molecule has 0 N–H and O–H groups in total. The van der Waals surface area contributed by atoms with Gasteiger partial charge in [0, 0.05) is 19.5 Å². The average molecular weight is 368 g/mol. The fourth-order valence-electron chi connectivity index (χ4n) is 1.95. The first-order valence-corrected chi connectivity index (χ1v) is 8.36. The third-order valence-electron chi connectivity index (χ3n) is 3.12. The lowest BCUT2D eigenvalue weighted by Crippen LogP contribution is -1.82. The topological polar surface area (TPSA) is 143 Å². The maximum absolute atomic E-state index is 9.21. The van der Waals surface area contributed by atoms with Crippen LogP contribution >= 0.6 is 22.7 Å². The maximum atomic E-state index is 9.21. The van der Waals surface area contributed by atoms with Crippen molar-refractivity contribution in [1.29, 1.82) is 31.6 Å². The van der Waals surface area contributed by atoms with Crippen LogP contribution in [0.15, 0.2) is 35.4 Å². The Labute approximate surface area is 156 Å². The second-order valence-corrected chi connectivity index (χ2v) is 6.67. The van der Waals surface area contributed by atoms with Gasteiger partial charge in [-0.2, -0.15) is 31.6 Å². The number of hydrogen-bond acceptors (Lipinski definition) is 8. The van der Waals surface area contributed by atoms with E-state index in [4.69, 9.17) is 21.0 Å². The first kappa shape index (κ1) is 18.2. The zero-order valence-corrected chi connectivity index (χ0v) is 14.4. The summed E-state index contributed by atoms with van der Waals surface area (Å²) in [6.45, 7) is 0. The van der Waals surface area contributed by atoms with Crippen molar-refractivity contribution < 1.29 is 0 Å². The van der Waals surface area contributed by atoms with Crippen molar-refractivity contribution in [3.05, 3.63) is 45.2 Å². The smallest absolute Gasteiger partial charge is 0.148 e. The summed E-state index contributed by atoms with van der Waals surface area (Å²) in [5.74, 6) is 0. The van der Waals surface area contributed by atoms with E-state index in [0.717, 1.165) is 9.75 Å². The maximum Gasteiger partial charge on any atom is 0.148 e. The zero-order valence-electron chi connectivity index (χ0n) is 12.8. The molecule has 0 amide bonds. The van der Waals surface area contributed by atoms with Crippen LogP contribution in [-0.4, -0.2) is 0 Å². The molecule has 0 atom stereocenters. The van der Waals surface area contributed by atoms with E-state index in [1.54, 1.807) is 48.5 Å². The normalized spacial score (nSPS) is 8.54. The summed E-state index contributed by atoms with van der Waals surface area (Å²) in [7, 11) is 0. The van der Waals surface area contributed by atoms with Crippen LogP contribution in [0.1, 0.15) is 9.75 Å². The van der Waals surface area contributed by atoms with E-state index in [-0.39, 0.29) is 22.3 Å². The molecule has 6 nitrogen and oxygen atoms in total. The molecule has 118 valence electrons. The first-order valence-electron chi connectivity index (χ1n) is 6.73. The van der Waals surface area contributed by atoms with Gasteiger partial charge in [0.15, 0.2) is 0 Å². The Hall–Kier alpha value is -4.18. The Bertz CT molecular complexity index is 1070. The van der Waals surface area contributed by atoms with Crippen molar-refractivity contribution in [3.8, 4) is 46.2 Å². The molecular weight excluding hydrogens is 364 g/mol. The third-order valence-corrected chi connectivity index (χ3v) is 5.52. The van der Waals surface area contributed by atoms with Gasteiger partial charge in [-0.3, -0.25) is 0 Å². The van der Waals surface area contributed by atoms with Crippen molar-refractivity contribution in [2.45, 2.75) is 0 Å². The molecular formula is C18H4N6S2. The number of nitriles is 6. The molecule has 0 radical (unpaired) electrons. The summed E-state index contributed by atoms with van der Waals surface area (Å²) in [6.07, 6.45) is 0. The highest BCUT2D eigenvalue weighted by molar-refractivity contribution is 7.23. The van der Waals surface area contributed by atoms with Crippen LogP contribution in [0.4, 0.5) is 0 Å². The van der Waals surface area contributed by atoms with Gasteiger partial charge in [0.25, 0.3) is 0 Å². The standard InChI is InChI=1S/C18H4N6S2/c19-5-11(6-20)13(9-23)15-1-3-17(25-15)18-4-2-16(26-18)14(10-24)12(7-21)8-22/h1-4H. The van der Waals surface area contributed by atoms with E-state index in [2.05, 4.69) is 0 Å². The highest BCUT2D eigenvalue weighted by Gasteiger charge is 2.15. The summed E-state index contributed by atoms with van der Waals surface area (Å²) in [5, 5.41) is 54.2. The summed E-state index contributed by atoms with van der Waals surface area (Å²) in [6, 6.07) is 17.3. The van der Waals surface area contributed by atoms with E-state index < -0.39 is 0 Å². The van der Waals surface area contributed by atoms with Gasteiger partial charge in [0.05, 0.1) is 11.1 Å². The third kappa shape index (κ3) is 3.34. The van der Waals surface area contributed by atoms with E-state index >= 15 is 0 Å². The fraction of sp³-hybridized carbons (Fsp3) is 0. The summed E-state index contributed by atoms with van der Waals surface area (Å²) >= 11 is 2.46. The van der Waals surface area contributed by atoms with Crippen LogP contribution in [0.3, 0.4) is 0 Å². The van der Waals surface area contributed by atoms with Crippen LogP contribution in [0.5, 0.6) is 0 Å². The molecule has 0 saturated heterocycles. The molecule has 0 aliphatic heterocycles. The predicted molar refractivity (Wildman–Crippen MR) is 95.2 cm³/mol. The fourth-order valence-corrected chi connectivity index (χ4v) is 4.06. The van der Waals surface area contributed by atoms with Crippen LogP contribution in [0.2, 0.25) is 0 Å². The minimum atomic E-state index is -0.254. The van der Waals surface area contributed by atoms with Crippen LogP contribution < -0.4 is 0 Å². The minimum Gasteiger partial charge on any atom is -0.192 e. The Morgan fingerprint density at radius 3 is 1.15 bits per heavy atom. The SMILES string of the molecule is N#CC(C#N)=C(C#N)c1ccc(-c2ccc(C(C#N)=C(C#N)C#N)s2)s1. The van der Waals surface area contributed by atoms with E-state index in [9.17, 15) is 10.5 Å². The van der Waals surface area contributed by atoms with Crippen molar-refractivity contribution in [2.75, 3.05) is 0 Å². The average Bonchev–Trinajstić information content (AvgIpc) is 3.33. The second-order valence-electron chi connectivity index (χ2n) is 4.50. The lowest BCUT2D eigenvalue weighted by atomic mass is 10.1. The highest BCUT2D eigenvalue weighted by Crippen LogP contribution is 2.38. The number of thiophene rings is 2. The molecule has 2 heterocycles. The van der Waals surface area contributed by atoms with E-state index in [1.165, 1.54) is 22.7 Å². The van der Waals surface area contributed by atoms with Crippen molar-refractivity contribution in [2.24, 2.45) is 0 Å². The van der Waals surface area contributed by atoms with Gasteiger partial charge >= 0.3 is 0 Å². The van der Waals surface area contributed by atoms with Crippen molar-refractivity contribution >= 4 is 33.8 Å². The van der Waals surface area contributed by atoms with Gasteiger partial charge in [-0.15, -0.1) is 22.7 Å². The van der Waals surface area contributed by atoms with E-state index in [0.29, 0.717) is 9.75 Å². The number of nitrogens with zero attached hydrogens (tertiary/aromatic N) is 6. The van der Waals surface area contributed by atoms with Crippen LogP contribution in [0.25, 0.3) is 20.9 Å². The molecule has 2 rings (SSSR count). The van der Waals surface area contributed by atoms with Gasteiger partial charge in [0.1, 0.15) is 47.6 Å². The van der Waals surface area contributed by atoms with Crippen molar-refractivity contribution in [3.63, 3.8) is 0 Å². The monoisotopic (exact) mass is 368 g/mol. The molecule has 8 heteroatoms. The lowest BCUT2D eigenvalue weighted by molar-refractivity contribution is 1.46. The predicted octanol–water partition coefficient (Wildman–Crippen LogP) is 4.13. The first-order chi connectivity index (χ1) is 12.6. The molecule has 0 unspecified atom stereocenters. The molecule has 2 aromatic rings. The largest absolute Gasteiger partial charge is 0.192 e. The Morgan fingerprint density at radius 2 is 0.885 bits per heavy atom. The second kappa shape index (κ2) is 8.08.